The van der Waals surface area contributed by atoms with E-state index in [0.29, 0.717) is 5.69 Å². The number of aromatic nitrogens is 2. The standard InChI is InChI=1S/C9H12N2O3S/c1-6(2)15(14)4-8-7(9(12)13)3-10-5-11-8/h3,5-6H,4H2,1-2H3,(H,12,13). The zero-order chi connectivity index (χ0) is 11.4. The fourth-order valence-electron chi connectivity index (χ4n) is 0.950. The molecule has 0 fully saturated rings. The minimum atomic E-state index is -1.10. The minimum Gasteiger partial charge on any atom is -0.478 e. The van der Waals surface area contributed by atoms with Crippen LogP contribution in [0.25, 0.3) is 0 Å². The zero-order valence-electron chi connectivity index (χ0n) is 8.51. The van der Waals surface area contributed by atoms with Crippen molar-refractivity contribution in [1.29, 1.82) is 0 Å². The van der Waals surface area contributed by atoms with E-state index in [0.717, 1.165) is 0 Å². The zero-order valence-corrected chi connectivity index (χ0v) is 9.32. The van der Waals surface area contributed by atoms with Gasteiger partial charge in [0.05, 0.1) is 11.4 Å². The van der Waals surface area contributed by atoms with Gasteiger partial charge in [0.15, 0.2) is 0 Å². The molecular weight excluding hydrogens is 216 g/mol. The van der Waals surface area contributed by atoms with Crippen molar-refractivity contribution in [3.8, 4) is 0 Å². The van der Waals surface area contributed by atoms with Crippen LogP contribution in [0, 0.1) is 0 Å². The molecule has 0 aliphatic rings. The highest BCUT2D eigenvalue weighted by atomic mass is 32.2. The van der Waals surface area contributed by atoms with Crippen molar-refractivity contribution in [3.63, 3.8) is 0 Å². The Labute approximate surface area is 90.0 Å². The summed E-state index contributed by atoms with van der Waals surface area (Å²) in [5.41, 5.74) is 0.344. The van der Waals surface area contributed by atoms with Gasteiger partial charge in [-0.2, -0.15) is 0 Å². The number of nitrogens with zero attached hydrogens (tertiary/aromatic N) is 2. The van der Waals surface area contributed by atoms with E-state index in [1.807, 2.05) is 13.8 Å². The van der Waals surface area contributed by atoms with Gasteiger partial charge in [-0.15, -0.1) is 0 Å². The summed E-state index contributed by atoms with van der Waals surface area (Å²) in [6.07, 6.45) is 2.49. The number of carbonyl (C=O) groups is 1. The van der Waals surface area contributed by atoms with E-state index in [1.54, 1.807) is 0 Å². The second kappa shape index (κ2) is 4.97. The fraction of sp³-hybridized carbons (Fsp3) is 0.444. The molecule has 1 aromatic heterocycles. The van der Waals surface area contributed by atoms with Gasteiger partial charge < -0.3 is 5.11 Å². The fourth-order valence-corrected chi connectivity index (χ4v) is 1.78. The number of aromatic carboxylic acids is 1. The molecule has 0 amide bonds. The molecule has 1 unspecified atom stereocenters. The van der Waals surface area contributed by atoms with Crippen molar-refractivity contribution in [2.75, 3.05) is 0 Å². The van der Waals surface area contributed by atoms with Crippen molar-refractivity contribution >= 4 is 16.8 Å². The van der Waals surface area contributed by atoms with Crippen LogP contribution in [0.15, 0.2) is 12.5 Å². The Kier molecular flexibility index (Phi) is 3.90. The molecular formula is C9H12N2O3S. The van der Waals surface area contributed by atoms with Crippen LogP contribution in [-0.2, 0) is 16.6 Å². The lowest BCUT2D eigenvalue weighted by Crippen LogP contribution is -2.13. The van der Waals surface area contributed by atoms with Gasteiger partial charge in [0.25, 0.3) is 0 Å². The summed E-state index contributed by atoms with van der Waals surface area (Å²) >= 11 is 0. The maximum absolute atomic E-state index is 11.5. The van der Waals surface area contributed by atoms with Crippen molar-refractivity contribution in [2.24, 2.45) is 0 Å². The molecule has 0 aliphatic carbocycles. The molecule has 0 aliphatic heterocycles. The Morgan fingerprint density at radius 2 is 2.27 bits per heavy atom. The van der Waals surface area contributed by atoms with Crippen molar-refractivity contribution < 1.29 is 14.1 Å². The quantitative estimate of drug-likeness (QED) is 0.825. The average molecular weight is 228 g/mol. The summed E-state index contributed by atoms with van der Waals surface area (Å²) in [6.45, 7) is 3.63. The molecule has 0 saturated heterocycles. The Morgan fingerprint density at radius 3 is 2.80 bits per heavy atom. The molecule has 5 nitrogen and oxygen atoms in total. The molecule has 0 saturated carbocycles. The third kappa shape index (κ3) is 3.09. The third-order valence-electron chi connectivity index (χ3n) is 1.83. The summed E-state index contributed by atoms with van der Waals surface area (Å²) in [7, 11) is -1.10. The molecule has 1 N–H and O–H groups in total. The summed E-state index contributed by atoms with van der Waals surface area (Å²) in [6, 6.07) is 0. The van der Waals surface area contributed by atoms with Gasteiger partial charge in [0, 0.05) is 22.2 Å². The highest BCUT2D eigenvalue weighted by molar-refractivity contribution is 7.84. The van der Waals surface area contributed by atoms with E-state index in [2.05, 4.69) is 9.97 Å². The van der Waals surface area contributed by atoms with Crippen molar-refractivity contribution in [2.45, 2.75) is 24.9 Å². The van der Waals surface area contributed by atoms with E-state index in [4.69, 9.17) is 5.11 Å². The largest absolute Gasteiger partial charge is 0.478 e. The lowest BCUT2D eigenvalue weighted by atomic mass is 10.2. The highest BCUT2D eigenvalue weighted by Crippen LogP contribution is 2.09. The number of hydrogen-bond acceptors (Lipinski definition) is 4. The van der Waals surface area contributed by atoms with Gasteiger partial charge in [0.1, 0.15) is 11.9 Å². The van der Waals surface area contributed by atoms with Gasteiger partial charge in [-0.25, -0.2) is 14.8 Å². The predicted octanol–water partition coefficient (Wildman–Crippen LogP) is 0.832. The van der Waals surface area contributed by atoms with E-state index >= 15 is 0 Å². The lowest BCUT2D eigenvalue weighted by Gasteiger charge is -2.06. The second-order valence-corrected chi connectivity index (χ2v) is 5.26. The molecule has 82 valence electrons. The third-order valence-corrected chi connectivity index (χ3v) is 3.44. The maximum atomic E-state index is 11.5. The van der Waals surface area contributed by atoms with E-state index in [1.165, 1.54) is 12.5 Å². The van der Waals surface area contributed by atoms with Gasteiger partial charge in [0.2, 0.25) is 0 Å². The van der Waals surface area contributed by atoms with Gasteiger partial charge in [-0.3, -0.25) is 4.21 Å². The van der Waals surface area contributed by atoms with E-state index in [-0.39, 0.29) is 16.6 Å². The van der Waals surface area contributed by atoms with Crippen molar-refractivity contribution in [1.82, 2.24) is 9.97 Å². The number of carboxylic acid groups (broad SMARTS) is 1. The molecule has 6 heteroatoms. The topological polar surface area (TPSA) is 80.2 Å². The number of hydrogen-bond donors (Lipinski definition) is 1. The number of carboxylic acids is 1. The Balaban J connectivity index is 2.94. The number of rotatable bonds is 4. The second-order valence-electron chi connectivity index (χ2n) is 3.26. The molecule has 0 spiro atoms. The van der Waals surface area contributed by atoms with Gasteiger partial charge in [-0.05, 0) is 0 Å². The van der Waals surface area contributed by atoms with Crippen LogP contribution >= 0.6 is 0 Å². The van der Waals surface area contributed by atoms with Gasteiger partial charge >= 0.3 is 5.97 Å². The van der Waals surface area contributed by atoms with E-state index < -0.39 is 16.8 Å². The SMILES string of the molecule is CC(C)S(=O)Cc1ncncc1C(=O)O. The van der Waals surface area contributed by atoms with Crippen LogP contribution < -0.4 is 0 Å². The Hall–Kier alpha value is -1.30. The molecule has 1 rings (SSSR count). The molecule has 1 heterocycles. The highest BCUT2D eigenvalue weighted by Gasteiger charge is 2.15. The summed E-state index contributed by atoms with van der Waals surface area (Å²) in [4.78, 5) is 18.3. The van der Waals surface area contributed by atoms with Crippen LogP contribution in [0.2, 0.25) is 0 Å². The normalized spacial score (nSPS) is 12.7. The minimum absolute atomic E-state index is 0.0124. The Morgan fingerprint density at radius 1 is 1.60 bits per heavy atom. The first kappa shape index (κ1) is 11.8. The first-order chi connectivity index (χ1) is 7.02. The first-order valence-electron chi connectivity index (χ1n) is 4.41. The first-order valence-corrected chi connectivity index (χ1v) is 5.80. The lowest BCUT2D eigenvalue weighted by molar-refractivity contribution is 0.0695. The Bertz CT molecular complexity index is 393. The van der Waals surface area contributed by atoms with Crippen LogP contribution in [0.4, 0.5) is 0 Å². The van der Waals surface area contributed by atoms with Crippen LogP contribution in [0.3, 0.4) is 0 Å². The monoisotopic (exact) mass is 228 g/mol. The van der Waals surface area contributed by atoms with Crippen LogP contribution in [0.1, 0.15) is 29.9 Å². The molecule has 0 aromatic carbocycles. The summed E-state index contributed by atoms with van der Waals surface area (Å²) < 4.78 is 11.5. The van der Waals surface area contributed by atoms with Crippen LogP contribution in [-0.4, -0.2) is 30.5 Å². The van der Waals surface area contributed by atoms with Crippen molar-refractivity contribution in [3.05, 3.63) is 23.8 Å². The van der Waals surface area contributed by atoms with E-state index in [9.17, 15) is 9.00 Å². The van der Waals surface area contributed by atoms with Crippen LogP contribution in [0.5, 0.6) is 0 Å². The molecule has 1 atom stereocenters. The molecule has 1 aromatic rings. The molecule has 0 radical (unpaired) electrons. The average Bonchev–Trinajstić information content (AvgIpc) is 2.18. The molecule has 15 heavy (non-hydrogen) atoms. The van der Waals surface area contributed by atoms with Gasteiger partial charge in [-0.1, -0.05) is 13.8 Å². The smallest absolute Gasteiger partial charge is 0.339 e. The summed E-state index contributed by atoms with van der Waals surface area (Å²) in [5.74, 6) is -0.937. The predicted molar refractivity (Wildman–Crippen MR) is 56.0 cm³/mol. The summed E-state index contributed by atoms with van der Waals surface area (Å²) in [5, 5.41) is 8.83. The molecule has 0 bridgehead atoms. The maximum Gasteiger partial charge on any atom is 0.339 e.